The average Bonchev–Trinajstić information content (AvgIpc) is 2.00. The van der Waals surface area contributed by atoms with Gasteiger partial charge in [-0.1, -0.05) is 26.3 Å². The Balaban J connectivity index is 3.72. The van der Waals surface area contributed by atoms with E-state index in [0.29, 0.717) is 5.92 Å². The highest BCUT2D eigenvalue weighted by Crippen LogP contribution is 2.10. The summed E-state index contributed by atoms with van der Waals surface area (Å²) in [4.78, 5) is 10.5. The van der Waals surface area contributed by atoms with Gasteiger partial charge in [0.25, 0.3) is 0 Å². The lowest BCUT2D eigenvalue weighted by atomic mass is 10.0. The summed E-state index contributed by atoms with van der Waals surface area (Å²) in [7, 11) is 0. The smallest absolute Gasteiger partial charge is 0.152 e. The fourth-order valence-electron chi connectivity index (χ4n) is 0.904. The molecule has 0 aliphatic carbocycles. The first kappa shape index (κ1) is 11.4. The number of ketones is 1. The molecule has 0 aliphatic heterocycles. The summed E-state index contributed by atoms with van der Waals surface area (Å²) < 4.78 is 0. The Morgan fingerprint density at radius 1 is 1.58 bits per heavy atom. The minimum Gasteiger partial charge on any atom is -0.389 e. The fourth-order valence-corrected chi connectivity index (χ4v) is 0.904. The third kappa shape index (κ3) is 6.10. The van der Waals surface area contributed by atoms with Crippen molar-refractivity contribution in [3.8, 4) is 0 Å². The zero-order valence-corrected chi connectivity index (χ0v) is 8.08. The van der Waals surface area contributed by atoms with Gasteiger partial charge in [0.05, 0.1) is 6.10 Å². The molecule has 0 amide bonds. The van der Waals surface area contributed by atoms with E-state index < -0.39 is 6.10 Å². The molecule has 2 heteroatoms. The Kier molecular flexibility index (Phi) is 5.64. The van der Waals surface area contributed by atoms with Crippen LogP contribution in [-0.4, -0.2) is 17.0 Å². The van der Waals surface area contributed by atoms with Gasteiger partial charge in [0.1, 0.15) is 0 Å². The van der Waals surface area contributed by atoms with Crippen molar-refractivity contribution >= 4 is 5.78 Å². The van der Waals surface area contributed by atoms with E-state index in [9.17, 15) is 9.90 Å². The largest absolute Gasteiger partial charge is 0.389 e. The maximum Gasteiger partial charge on any atom is 0.152 e. The molecule has 0 heterocycles. The molecule has 0 saturated heterocycles. The molecule has 0 aliphatic rings. The summed E-state index contributed by atoms with van der Waals surface area (Å²) in [6, 6.07) is 0. The summed E-state index contributed by atoms with van der Waals surface area (Å²) in [6.07, 6.45) is 4.32. The number of aliphatic hydroxyl groups is 1. The predicted octanol–water partition coefficient (Wildman–Crippen LogP) is 1.93. The number of carbonyl (C=O) groups excluding carboxylic acids is 1. The Hall–Kier alpha value is -0.630. The SMILES string of the molecule is CCC(C)CC(O)/C=C/C(C)=O. The van der Waals surface area contributed by atoms with Crippen molar-refractivity contribution in [2.45, 2.75) is 39.7 Å². The van der Waals surface area contributed by atoms with E-state index in [4.69, 9.17) is 0 Å². The summed E-state index contributed by atoms with van der Waals surface area (Å²) in [5.41, 5.74) is 0. The van der Waals surface area contributed by atoms with E-state index in [1.165, 1.54) is 13.0 Å². The topological polar surface area (TPSA) is 37.3 Å². The lowest BCUT2D eigenvalue weighted by Crippen LogP contribution is -2.08. The molecule has 1 N–H and O–H groups in total. The van der Waals surface area contributed by atoms with E-state index in [2.05, 4.69) is 13.8 Å². The van der Waals surface area contributed by atoms with Gasteiger partial charge >= 0.3 is 0 Å². The number of carbonyl (C=O) groups is 1. The molecule has 0 aromatic rings. The first-order valence-corrected chi connectivity index (χ1v) is 4.43. The molecule has 0 rings (SSSR count). The molecule has 0 saturated carbocycles. The lowest BCUT2D eigenvalue weighted by Gasteiger charge is -2.10. The first-order valence-electron chi connectivity index (χ1n) is 4.43. The lowest BCUT2D eigenvalue weighted by molar-refractivity contribution is -0.112. The second-order valence-corrected chi connectivity index (χ2v) is 3.29. The highest BCUT2D eigenvalue weighted by Gasteiger charge is 2.04. The normalized spacial score (nSPS) is 16.3. The van der Waals surface area contributed by atoms with Crippen LogP contribution < -0.4 is 0 Å². The van der Waals surface area contributed by atoms with Crippen molar-refractivity contribution in [1.82, 2.24) is 0 Å². The molecule has 12 heavy (non-hydrogen) atoms. The highest BCUT2D eigenvalue weighted by atomic mass is 16.3. The minimum absolute atomic E-state index is 0.0156. The first-order chi connectivity index (χ1) is 5.56. The third-order valence-electron chi connectivity index (χ3n) is 1.89. The second-order valence-electron chi connectivity index (χ2n) is 3.29. The zero-order valence-electron chi connectivity index (χ0n) is 8.08. The summed E-state index contributed by atoms with van der Waals surface area (Å²) in [5.74, 6) is 0.495. The number of hydrogen-bond acceptors (Lipinski definition) is 2. The molecule has 2 unspecified atom stereocenters. The van der Waals surface area contributed by atoms with E-state index in [1.807, 2.05) is 0 Å². The van der Waals surface area contributed by atoms with Gasteiger partial charge in [0.15, 0.2) is 5.78 Å². The number of hydrogen-bond donors (Lipinski definition) is 1. The van der Waals surface area contributed by atoms with Gasteiger partial charge in [-0.3, -0.25) is 4.79 Å². The van der Waals surface area contributed by atoms with Crippen molar-refractivity contribution in [2.75, 3.05) is 0 Å². The van der Waals surface area contributed by atoms with Crippen LogP contribution in [0.5, 0.6) is 0 Å². The van der Waals surface area contributed by atoms with Gasteiger partial charge < -0.3 is 5.11 Å². The number of aliphatic hydroxyl groups excluding tert-OH is 1. The Labute approximate surface area is 74.3 Å². The van der Waals surface area contributed by atoms with Gasteiger partial charge in [-0.15, -0.1) is 0 Å². The monoisotopic (exact) mass is 170 g/mol. The van der Waals surface area contributed by atoms with E-state index in [1.54, 1.807) is 6.08 Å². The van der Waals surface area contributed by atoms with E-state index in [-0.39, 0.29) is 5.78 Å². The van der Waals surface area contributed by atoms with Crippen LogP contribution in [0, 0.1) is 5.92 Å². The average molecular weight is 170 g/mol. The van der Waals surface area contributed by atoms with Crippen LogP contribution in [-0.2, 0) is 4.79 Å². The maximum absolute atomic E-state index is 10.5. The van der Waals surface area contributed by atoms with Crippen molar-refractivity contribution in [2.24, 2.45) is 5.92 Å². The molecule has 2 nitrogen and oxygen atoms in total. The summed E-state index contributed by atoms with van der Waals surface area (Å²) in [5, 5.41) is 9.36. The Bertz CT molecular complexity index is 161. The van der Waals surface area contributed by atoms with E-state index in [0.717, 1.165) is 12.8 Å². The van der Waals surface area contributed by atoms with Crippen LogP contribution in [0.2, 0.25) is 0 Å². The molecular formula is C10H18O2. The van der Waals surface area contributed by atoms with Crippen LogP contribution in [0.25, 0.3) is 0 Å². The number of allylic oxidation sites excluding steroid dienone is 1. The molecule has 0 radical (unpaired) electrons. The standard InChI is InChI=1S/C10H18O2/c1-4-8(2)7-10(12)6-5-9(3)11/h5-6,8,10,12H,4,7H2,1-3H3/b6-5+. The fraction of sp³-hybridized carbons (Fsp3) is 0.700. The quantitative estimate of drug-likeness (QED) is 0.640. The Morgan fingerprint density at radius 3 is 2.58 bits per heavy atom. The summed E-state index contributed by atoms with van der Waals surface area (Å²) in [6.45, 7) is 5.66. The zero-order chi connectivity index (χ0) is 9.56. The van der Waals surface area contributed by atoms with E-state index >= 15 is 0 Å². The molecule has 0 aromatic carbocycles. The van der Waals surface area contributed by atoms with Crippen molar-refractivity contribution in [3.63, 3.8) is 0 Å². The van der Waals surface area contributed by atoms with Crippen LogP contribution in [0.4, 0.5) is 0 Å². The molecule has 0 spiro atoms. The van der Waals surface area contributed by atoms with Crippen LogP contribution in [0.15, 0.2) is 12.2 Å². The maximum atomic E-state index is 10.5. The molecule has 2 atom stereocenters. The van der Waals surface area contributed by atoms with Crippen LogP contribution >= 0.6 is 0 Å². The van der Waals surface area contributed by atoms with Gasteiger partial charge in [-0.25, -0.2) is 0 Å². The Morgan fingerprint density at radius 2 is 2.17 bits per heavy atom. The minimum atomic E-state index is -0.469. The van der Waals surface area contributed by atoms with Crippen LogP contribution in [0.3, 0.4) is 0 Å². The van der Waals surface area contributed by atoms with Crippen LogP contribution in [0.1, 0.15) is 33.6 Å². The molecule has 0 aromatic heterocycles. The van der Waals surface area contributed by atoms with Gasteiger partial charge in [0, 0.05) is 0 Å². The second kappa shape index (κ2) is 5.95. The third-order valence-corrected chi connectivity index (χ3v) is 1.89. The number of rotatable bonds is 5. The van der Waals surface area contributed by atoms with Crippen molar-refractivity contribution in [1.29, 1.82) is 0 Å². The molecule has 0 fully saturated rings. The van der Waals surface area contributed by atoms with Gasteiger partial charge in [0.2, 0.25) is 0 Å². The van der Waals surface area contributed by atoms with Gasteiger partial charge in [-0.2, -0.15) is 0 Å². The van der Waals surface area contributed by atoms with Crippen molar-refractivity contribution < 1.29 is 9.90 Å². The predicted molar refractivity (Wildman–Crippen MR) is 49.9 cm³/mol. The molecule has 70 valence electrons. The highest BCUT2D eigenvalue weighted by molar-refractivity contribution is 5.87. The molecule has 0 bridgehead atoms. The summed E-state index contributed by atoms with van der Waals surface area (Å²) >= 11 is 0. The molecular weight excluding hydrogens is 152 g/mol. The van der Waals surface area contributed by atoms with Gasteiger partial charge in [-0.05, 0) is 25.3 Å². The van der Waals surface area contributed by atoms with Crippen molar-refractivity contribution in [3.05, 3.63) is 12.2 Å².